The first-order valence-corrected chi connectivity index (χ1v) is 7.42. The number of hydrogen-bond acceptors (Lipinski definition) is 3. The van der Waals surface area contributed by atoms with E-state index in [1.165, 1.54) is 5.69 Å². The minimum Gasteiger partial charge on any atom is -0.466 e. The van der Waals surface area contributed by atoms with Gasteiger partial charge in [0.25, 0.3) is 0 Å². The van der Waals surface area contributed by atoms with Crippen molar-refractivity contribution >= 4 is 0 Å². The summed E-state index contributed by atoms with van der Waals surface area (Å²) >= 11 is 0. The molecule has 0 saturated carbocycles. The van der Waals surface area contributed by atoms with Crippen LogP contribution in [0.3, 0.4) is 0 Å². The van der Waals surface area contributed by atoms with Crippen LogP contribution in [0.2, 0.25) is 0 Å². The van der Waals surface area contributed by atoms with Crippen molar-refractivity contribution in [1.29, 1.82) is 0 Å². The average Bonchev–Trinajstić information content (AvgIpc) is 2.85. The lowest BCUT2D eigenvalue weighted by molar-refractivity contribution is 0.140. The molecule has 1 fully saturated rings. The molecule has 3 heterocycles. The molecule has 1 atom stereocenters. The molecule has 3 nitrogen and oxygen atoms in total. The van der Waals surface area contributed by atoms with Gasteiger partial charge in [-0.25, -0.2) is 0 Å². The van der Waals surface area contributed by atoms with Gasteiger partial charge in [0.15, 0.2) is 0 Å². The molecule has 0 aromatic carbocycles. The molecule has 20 heavy (non-hydrogen) atoms. The van der Waals surface area contributed by atoms with E-state index >= 15 is 0 Å². The van der Waals surface area contributed by atoms with Gasteiger partial charge in [0.05, 0.1) is 0 Å². The predicted octanol–water partition coefficient (Wildman–Crippen LogP) is 3.58. The average molecular weight is 270 g/mol. The van der Waals surface area contributed by atoms with E-state index in [1.807, 2.05) is 25.3 Å². The summed E-state index contributed by atoms with van der Waals surface area (Å²) in [5, 5.41) is 0. The number of pyridine rings is 1. The maximum atomic E-state index is 5.69. The van der Waals surface area contributed by atoms with Gasteiger partial charge < -0.3 is 9.32 Å². The molecule has 3 heteroatoms. The lowest BCUT2D eigenvalue weighted by Crippen LogP contribution is -2.45. The summed E-state index contributed by atoms with van der Waals surface area (Å²) in [6.07, 6.45) is 3.04. The third-order valence-electron chi connectivity index (χ3n) is 4.19. The second-order valence-corrected chi connectivity index (χ2v) is 5.85. The van der Waals surface area contributed by atoms with Crippen LogP contribution in [0, 0.1) is 6.92 Å². The SMILES string of the molecule is Cc1ccc([C@H](C)CCN2CC(c3ccccn3)C2)o1. The van der Waals surface area contributed by atoms with E-state index in [1.54, 1.807) is 0 Å². The Labute approximate surface area is 120 Å². The standard InChI is InChI=1S/C17H22N2O/c1-13(17-7-6-14(2)20-17)8-10-19-11-15(12-19)16-5-3-4-9-18-16/h3-7,9,13,15H,8,10-12H2,1-2H3/t13-/m1/s1. The molecule has 0 aliphatic carbocycles. The van der Waals surface area contributed by atoms with Crippen LogP contribution < -0.4 is 0 Å². The number of nitrogens with zero attached hydrogens (tertiary/aromatic N) is 2. The van der Waals surface area contributed by atoms with E-state index in [-0.39, 0.29) is 0 Å². The van der Waals surface area contributed by atoms with Crippen molar-refractivity contribution < 1.29 is 4.42 Å². The highest BCUT2D eigenvalue weighted by Crippen LogP contribution is 2.27. The molecule has 0 bridgehead atoms. The molecule has 0 unspecified atom stereocenters. The van der Waals surface area contributed by atoms with Crippen molar-refractivity contribution in [3.05, 3.63) is 53.7 Å². The van der Waals surface area contributed by atoms with Crippen molar-refractivity contribution in [3.63, 3.8) is 0 Å². The third kappa shape index (κ3) is 2.93. The summed E-state index contributed by atoms with van der Waals surface area (Å²) < 4.78 is 5.69. The van der Waals surface area contributed by atoms with Gasteiger partial charge in [-0.3, -0.25) is 4.98 Å². The number of aryl methyl sites for hydroxylation is 1. The highest BCUT2D eigenvalue weighted by Gasteiger charge is 2.28. The number of furan rings is 1. The Morgan fingerprint density at radius 2 is 2.15 bits per heavy atom. The molecule has 2 aromatic heterocycles. The molecule has 0 amide bonds. The van der Waals surface area contributed by atoms with E-state index in [2.05, 4.69) is 35.0 Å². The summed E-state index contributed by atoms with van der Waals surface area (Å²) in [5.41, 5.74) is 1.23. The van der Waals surface area contributed by atoms with E-state index in [0.29, 0.717) is 11.8 Å². The fourth-order valence-electron chi connectivity index (χ4n) is 2.79. The van der Waals surface area contributed by atoms with Crippen LogP contribution >= 0.6 is 0 Å². The maximum absolute atomic E-state index is 5.69. The zero-order valence-corrected chi connectivity index (χ0v) is 12.2. The molecule has 0 spiro atoms. The Bertz CT molecular complexity index is 543. The molecule has 3 rings (SSSR count). The quantitative estimate of drug-likeness (QED) is 0.831. The predicted molar refractivity (Wildman–Crippen MR) is 79.9 cm³/mol. The van der Waals surface area contributed by atoms with E-state index in [4.69, 9.17) is 4.42 Å². The minimum atomic E-state index is 0.498. The number of aromatic nitrogens is 1. The van der Waals surface area contributed by atoms with Gasteiger partial charge in [0, 0.05) is 36.8 Å². The van der Waals surface area contributed by atoms with Crippen LogP contribution in [-0.4, -0.2) is 29.5 Å². The largest absolute Gasteiger partial charge is 0.466 e. The van der Waals surface area contributed by atoms with Gasteiger partial charge in [-0.1, -0.05) is 13.0 Å². The molecule has 1 aliphatic heterocycles. The van der Waals surface area contributed by atoms with Crippen molar-refractivity contribution in [2.45, 2.75) is 32.1 Å². The Balaban J connectivity index is 1.43. The zero-order valence-electron chi connectivity index (χ0n) is 12.2. The van der Waals surface area contributed by atoms with Crippen molar-refractivity contribution in [3.8, 4) is 0 Å². The van der Waals surface area contributed by atoms with E-state index in [9.17, 15) is 0 Å². The fourth-order valence-corrected chi connectivity index (χ4v) is 2.79. The lowest BCUT2D eigenvalue weighted by Gasteiger charge is -2.39. The summed E-state index contributed by atoms with van der Waals surface area (Å²) in [7, 11) is 0. The Morgan fingerprint density at radius 3 is 2.80 bits per heavy atom. The van der Waals surface area contributed by atoms with Crippen LogP contribution in [0.15, 0.2) is 40.9 Å². The van der Waals surface area contributed by atoms with Crippen molar-refractivity contribution in [2.24, 2.45) is 0 Å². The van der Waals surface area contributed by atoms with Gasteiger partial charge in [0.1, 0.15) is 11.5 Å². The first-order valence-electron chi connectivity index (χ1n) is 7.42. The van der Waals surface area contributed by atoms with Crippen molar-refractivity contribution in [1.82, 2.24) is 9.88 Å². The van der Waals surface area contributed by atoms with Gasteiger partial charge >= 0.3 is 0 Å². The summed E-state index contributed by atoms with van der Waals surface area (Å²) in [6, 6.07) is 10.3. The molecule has 2 aromatic rings. The first kappa shape index (κ1) is 13.4. The molecular weight excluding hydrogens is 248 g/mol. The lowest BCUT2D eigenvalue weighted by atomic mass is 9.94. The van der Waals surface area contributed by atoms with E-state index < -0.39 is 0 Å². The minimum absolute atomic E-state index is 0.498. The monoisotopic (exact) mass is 270 g/mol. The van der Waals surface area contributed by atoms with Crippen LogP contribution in [0.4, 0.5) is 0 Å². The van der Waals surface area contributed by atoms with Crippen LogP contribution in [0.5, 0.6) is 0 Å². The number of hydrogen-bond donors (Lipinski definition) is 0. The number of rotatable bonds is 5. The molecule has 106 valence electrons. The van der Waals surface area contributed by atoms with Crippen LogP contribution in [0.1, 0.15) is 42.4 Å². The normalized spacial score (nSPS) is 17.9. The second kappa shape index (κ2) is 5.80. The van der Waals surface area contributed by atoms with Gasteiger partial charge in [-0.05, 0) is 44.2 Å². The summed E-state index contributed by atoms with van der Waals surface area (Å²) in [6.45, 7) is 7.67. The highest BCUT2D eigenvalue weighted by molar-refractivity contribution is 5.14. The molecule has 1 aliphatic rings. The maximum Gasteiger partial charge on any atom is 0.107 e. The molecule has 0 N–H and O–H groups in total. The van der Waals surface area contributed by atoms with Crippen LogP contribution in [-0.2, 0) is 0 Å². The number of likely N-dealkylation sites (tertiary alicyclic amines) is 1. The highest BCUT2D eigenvalue weighted by atomic mass is 16.3. The van der Waals surface area contributed by atoms with Gasteiger partial charge in [0.2, 0.25) is 0 Å². The third-order valence-corrected chi connectivity index (χ3v) is 4.19. The molecule has 0 radical (unpaired) electrons. The van der Waals surface area contributed by atoms with Crippen LogP contribution in [0.25, 0.3) is 0 Å². The fraction of sp³-hybridized carbons (Fsp3) is 0.471. The zero-order chi connectivity index (χ0) is 13.9. The van der Waals surface area contributed by atoms with Crippen molar-refractivity contribution in [2.75, 3.05) is 19.6 Å². The Hall–Kier alpha value is -1.61. The Kier molecular flexibility index (Phi) is 3.88. The molecular formula is C17H22N2O. The second-order valence-electron chi connectivity index (χ2n) is 5.85. The van der Waals surface area contributed by atoms with Gasteiger partial charge in [-0.15, -0.1) is 0 Å². The van der Waals surface area contributed by atoms with E-state index in [0.717, 1.165) is 37.6 Å². The Morgan fingerprint density at radius 1 is 1.30 bits per heavy atom. The smallest absolute Gasteiger partial charge is 0.107 e. The first-order chi connectivity index (χ1) is 9.72. The topological polar surface area (TPSA) is 29.3 Å². The molecule has 1 saturated heterocycles. The van der Waals surface area contributed by atoms with Gasteiger partial charge in [-0.2, -0.15) is 0 Å². The summed E-state index contributed by atoms with van der Waals surface area (Å²) in [4.78, 5) is 6.94. The summed E-state index contributed by atoms with van der Waals surface area (Å²) in [5.74, 6) is 3.24.